The average molecular weight is 332 g/mol. The van der Waals surface area contributed by atoms with E-state index in [1.807, 2.05) is 18.2 Å². The second kappa shape index (κ2) is 7.75. The van der Waals surface area contributed by atoms with Crippen molar-refractivity contribution in [3.8, 4) is 0 Å². The Morgan fingerprint density at radius 3 is 2.09 bits per heavy atom. The molecule has 2 rings (SSSR count). The molecule has 1 N–H and O–H groups in total. The van der Waals surface area contributed by atoms with Crippen LogP contribution in [0, 0.1) is 0 Å². The third-order valence-corrected chi connectivity index (χ3v) is 5.00. The van der Waals surface area contributed by atoms with Gasteiger partial charge in [0.25, 0.3) is 10.1 Å². The van der Waals surface area contributed by atoms with Gasteiger partial charge in [-0.1, -0.05) is 68.4 Å². The monoisotopic (exact) mass is 332 g/mol. The second-order valence-corrected chi connectivity index (χ2v) is 7.57. The second-order valence-electron chi connectivity index (χ2n) is 6.12. The van der Waals surface area contributed by atoms with Gasteiger partial charge in [0.05, 0.1) is 0 Å². The van der Waals surface area contributed by atoms with Crippen LogP contribution in [0.15, 0.2) is 54.6 Å². The van der Waals surface area contributed by atoms with Gasteiger partial charge < -0.3 is 0 Å². The van der Waals surface area contributed by atoms with Crippen LogP contribution >= 0.6 is 0 Å². The highest BCUT2D eigenvalue weighted by atomic mass is 32.2. The summed E-state index contributed by atoms with van der Waals surface area (Å²) in [5.74, 6) is 0.577. The average Bonchev–Trinajstić information content (AvgIpc) is 2.52. The van der Waals surface area contributed by atoms with E-state index in [9.17, 15) is 8.42 Å². The highest BCUT2D eigenvalue weighted by Gasteiger charge is 2.15. The van der Waals surface area contributed by atoms with Crippen LogP contribution in [0.3, 0.4) is 0 Å². The van der Waals surface area contributed by atoms with Gasteiger partial charge in [0.2, 0.25) is 0 Å². The molecule has 0 aliphatic rings. The van der Waals surface area contributed by atoms with Gasteiger partial charge in [0.15, 0.2) is 0 Å². The van der Waals surface area contributed by atoms with Crippen LogP contribution in [0.2, 0.25) is 0 Å². The zero-order valence-corrected chi connectivity index (χ0v) is 14.5. The van der Waals surface area contributed by atoms with Crippen molar-refractivity contribution < 1.29 is 13.0 Å². The Hall–Kier alpha value is -1.65. The molecule has 2 aromatic rings. The van der Waals surface area contributed by atoms with Crippen LogP contribution in [0.1, 0.15) is 55.2 Å². The van der Waals surface area contributed by atoms with Crippen LogP contribution in [0.5, 0.6) is 0 Å². The molecule has 0 aromatic heterocycles. The topological polar surface area (TPSA) is 54.4 Å². The predicted octanol–water partition coefficient (Wildman–Crippen LogP) is 4.76. The van der Waals surface area contributed by atoms with E-state index in [-0.39, 0.29) is 5.75 Å². The normalized spacial score (nSPS) is 14.4. The number of rotatable bonds is 7. The van der Waals surface area contributed by atoms with Crippen LogP contribution < -0.4 is 0 Å². The molecule has 2 aromatic carbocycles. The Labute approximate surface area is 139 Å². The fourth-order valence-electron chi connectivity index (χ4n) is 2.98. The molecule has 3 nitrogen and oxygen atoms in total. The molecule has 23 heavy (non-hydrogen) atoms. The van der Waals surface area contributed by atoms with E-state index in [0.29, 0.717) is 17.4 Å². The van der Waals surface area contributed by atoms with Crippen LogP contribution in [0.25, 0.3) is 0 Å². The van der Waals surface area contributed by atoms with Crippen molar-refractivity contribution in [2.45, 2.75) is 44.3 Å². The summed E-state index contributed by atoms with van der Waals surface area (Å²) in [5, 5.41) is 0. The maximum absolute atomic E-state index is 10.9. The van der Waals surface area contributed by atoms with E-state index in [2.05, 4.69) is 38.1 Å². The van der Waals surface area contributed by atoms with E-state index in [1.54, 1.807) is 12.1 Å². The lowest BCUT2D eigenvalue weighted by Crippen LogP contribution is -2.05. The van der Waals surface area contributed by atoms with Crippen molar-refractivity contribution in [2.24, 2.45) is 0 Å². The first-order valence-corrected chi connectivity index (χ1v) is 9.59. The number of hydrogen-bond acceptors (Lipinski definition) is 2. The minimum Gasteiger partial charge on any atom is -0.285 e. The molecular formula is C19H24O3S. The van der Waals surface area contributed by atoms with Gasteiger partial charge in [-0.25, -0.2) is 0 Å². The smallest absolute Gasteiger partial charge is 0.269 e. The van der Waals surface area contributed by atoms with Gasteiger partial charge in [-0.2, -0.15) is 8.42 Å². The summed E-state index contributed by atoms with van der Waals surface area (Å²) in [6.07, 6.45) is 2.09. The fraction of sp³-hybridized carbons (Fsp3) is 0.368. The highest BCUT2D eigenvalue weighted by Crippen LogP contribution is 2.32. The van der Waals surface area contributed by atoms with Crippen molar-refractivity contribution in [1.29, 1.82) is 0 Å². The molecule has 2 atom stereocenters. The summed E-state index contributed by atoms with van der Waals surface area (Å²) in [7, 11) is -3.97. The van der Waals surface area contributed by atoms with Gasteiger partial charge in [0, 0.05) is 0 Å². The predicted molar refractivity (Wildman–Crippen MR) is 94.2 cm³/mol. The Balaban J connectivity index is 2.08. The van der Waals surface area contributed by atoms with Gasteiger partial charge in [0.1, 0.15) is 5.75 Å². The van der Waals surface area contributed by atoms with Gasteiger partial charge in [-0.05, 0) is 41.4 Å². The summed E-state index contributed by atoms with van der Waals surface area (Å²) in [6.45, 7) is 4.42. The first-order valence-electron chi connectivity index (χ1n) is 7.98. The first-order chi connectivity index (χ1) is 10.9. The lowest BCUT2D eigenvalue weighted by molar-refractivity contribution is 0.482. The number of benzene rings is 2. The highest BCUT2D eigenvalue weighted by molar-refractivity contribution is 7.85. The minimum absolute atomic E-state index is 0.329. The first kappa shape index (κ1) is 17.7. The van der Waals surface area contributed by atoms with Crippen molar-refractivity contribution in [1.82, 2.24) is 0 Å². The fourth-order valence-corrected chi connectivity index (χ4v) is 3.59. The summed E-state index contributed by atoms with van der Waals surface area (Å²) in [6, 6.07) is 18.0. The van der Waals surface area contributed by atoms with Crippen LogP contribution in [-0.2, 0) is 15.9 Å². The Bertz CT molecular complexity index is 706. The Morgan fingerprint density at radius 2 is 1.57 bits per heavy atom. The molecule has 0 saturated heterocycles. The lowest BCUT2D eigenvalue weighted by Gasteiger charge is -2.21. The lowest BCUT2D eigenvalue weighted by atomic mass is 9.84. The SMILES string of the molecule is CCC(CC(C)c1ccccc1)c1ccc(CS(=O)(=O)O)cc1. The molecule has 0 bridgehead atoms. The van der Waals surface area contributed by atoms with E-state index in [0.717, 1.165) is 12.8 Å². The van der Waals surface area contributed by atoms with Crippen molar-refractivity contribution >= 4 is 10.1 Å². The standard InChI is InChI=1S/C19H24O3S/c1-3-17(13-15(2)18-7-5-4-6-8-18)19-11-9-16(10-12-19)14-23(20,21)22/h4-12,15,17H,3,13-14H2,1-2H3,(H,20,21,22). The molecule has 0 radical (unpaired) electrons. The molecular weight excluding hydrogens is 308 g/mol. The van der Waals surface area contributed by atoms with E-state index >= 15 is 0 Å². The minimum atomic E-state index is -3.97. The van der Waals surface area contributed by atoms with Crippen LogP contribution in [-0.4, -0.2) is 13.0 Å². The van der Waals surface area contributed by atoms with E-state index in [1.165, 1.54) is 11.1 Å². The molecule has 0 aliphatic heterocycles. The van der Waals surface area contributed by atoms with Crippen LogP contribution in [0.4, 0.5) is 0 Å². The molecule has 0 heterocycles. The third kappa shape index (κ3) is 5.48. The molecule has 124 valence electrons. The van der Waals surface area contributed by atoms with E-state index < -0.39 is 10.1 Å². The summed E-state index contributed by atoms with van der Waals surface area (Å²) >= 11 is 0. The molecule has 0 spiro atoms. The van der Waals surface area contributed by atoms with Gasteiger partial charge in [-0.3, -0.25) is 4.55 Å². The van der Waals surface area contributed by atoms with Gasteiger partial charge in [-0.15, -0.1) is 0 Å². The quantitative estimate of drug-likeness (QED) is 0.744. The molecule has 0 saturated carbocycles. The maximum atomic E-state index is 10.9. The number of hydrogen-bond donors (Lipinski definition) is 1. The molecule has 4 heteroatoms. The zero-order valence-electron chi connectivity index (χ0n) is 13.6. The molecule has 0 aliphatic carbocycles. The maximum Gasteiger partial charge on any atom is 0.269 e. The molecule has 2 unspecified atom stereocenters. The molecule has 0 fully saturated rings. The molecule has 0 amide bonds. The Kier molecular flexibility index (Phi) is 5.97. The summed E-state index contributed by atoms with van der Waals surface area (Å²) in [5.41, 5.74) is 3.17. The zero-order chi connectivity index (χ0) is 16.9. The van der Waals surface area contributed by atoms with Crippen molar-refractivity contribution in [3.63, 3.8) is 0 Å². The van der Waals surface area contributed by atoms with Gasteiger partial charge >= 0.3 is 0 Å². The van der Waals surface area contributed by atoms with Crippen molar-refractivity contribution in [2.75, 3.05) is 0 Å². The largest absolute Gasteiger partial charge is 0.285 e. The Morgan fingerprint density at radius 1 is 0.957 bits per heavy atom. The third-order valence-electron chi connectivity index (χ3n) is 4.30. The summed E-state index contributed by atoms with van der Waals surface area (Å²) in [4.78, 5) is 0. The summed E-state index contributed by atoms with van der Waals surface area (Å²) < 4.78 is 30.8. The van der Waals surface area contributed by atoms with E-state index in [4.69, 9.17) is 4.55 Å². The van der Waals surface area contributed by atoms with Crippen molar-refractivity contribution in [3.05, 3.63) is 71.3 Å².